The van der Waals surface area contributed by atoms with Crippen molar-refractivity contribution < 1.29 is 17.6 Å². The summed E-state index contributed by atoms with van der Waals surface area (Å²) in [6, 6.07) is 6.64. The summed E-state index contributed by atoms with van der Waals surface area (Å²) in [7, 11) is 0. The molecule has 0 saturated carbocycles. The first kappa shape index (κ1) is 14.8. The lowest BCUT2D eigenvalue weighted by Gasteiger charge is -2.09. The number of nitrogens with zero attached hydrogens (tertiary/aromatic N) is 1. The van der Waals surface area contributed by atoms with E-state index in [1.54, 1.807) is 6.07 Å². The molecule has 2 nitrogen and oxygen atoms in total. The Kier molecular flexibility index (Phi) is 4.29. The summed E-state index contributed by atoms with van der Waals surface area (Å²) in [5.41, 5.74) is 4.96. The van der Waals surface area contributed by atoms with E-state index in [1.165, 1.54) is 18.2 Å². The molecule has 0 aliphatic heterocycles. The predicted octanol–water partition coefficient (Wildman–Crippen LogP) is 3.85. The molecule has 0 bridgehead atoms. The number of pyridine rings is 1. The monoisotopic (exact) mass is 302 g/mol. The number of hydrogen-bond donors (Lipinski definition) is 1. The van der Waals surface area contributed by atoms with Gasteiger partial charge in [-0.25, -0.2) is 9.37 Å². The standard InChI is InChI=1S/C13H10F4N2S/c14-10-2-1-3-11(9(10)6-18)20-12-5-4-8(7-19-12)13(15,16)17/h1-5,7H,6,18H2. The van der Waals surface area contributed by atoms with Crippen molar-refractivity contribution in [1.29, 1.82) is 0 Å². The molecule has 1 heterocycles. The van der Waals surface area contributed by atoms with Crippen LogP contribution in [0.2, 0.25) is 0 Å². The van der Waals surface area contributed by atoms with Gasteiger partial charge in [0.1, 0.15) is 10.8 Å². The number of halogens is 4. The minimum Gasteiger partial charge on any atom is -0.326 e. The van der Waals surface area contributed by atoms with Gasteiger partial charge in [-0.15, -0.1) is 0 Å². The van der Waals surface area contributed by atoms with Gasteiger partial charge in [-0.1, -0.05) is 17.8 Å². The van der Waals surface area contributed by atoms with E-state index in [0.29, 0.717) is 15.5 Å². The van der Waals surface area contributed by atoms with Gasteiger partial charge in [-0.05, 0) is 24.3 Å². The van der Waals surface area contributed by atoms with Crippen LogP contribution in [-0.2, 0) is 12.7 Å². The predicted molar refractivity (Wildman–Crippen MR) is 67.7 cm³/mol. The molecule has 0 aliphatic carbocycles. The molecule has 0 radical (unpaired) electrons. The van der Waals surface area contributed by atoms with E-state index < -0.39 is 17.6 Å². The number of rotatable bonds is 3. The molecule has 1 aromatic heterocycles. The SMILES string of the molecule is NCc1c(F)cccc1Sc1ccc(C(F)(F)F)cn1. The van der Waals surface area contributed by atoms with Crippen molar-refractivity contribution in [2.45, 2.75) is 22.6 Å². The Labute approximate surface area is 117 Å². The average Bonchev–Trinajstić information content (AvgIpc) is 2.38. The van der Waals surface area contributed by atoms with Crippen LogP contribution in [0.4, 0.5) is 17.6 Å². The number of hydrogen-bond acceptors (Lipinski definition) is 3. The van der Waals surface area contributed by atoms with Crippen LogP contribution in [-0.4, -0.2) is 4.98 Å². The fraction of sp³-hybridized carbons (Fsp3) is 0.154. The highest BCUT2D eigenvalue weighted by Crippen LogP contribution is 2.33. The van der Waals surface area contributed by atoms with Crippen LogP contribution in [0.1, 0.15) is 11.1 Å². The first-order valence-electron chi connectivity index (χ1n) is 5.60. The third-order valence-electron chi connectivity index (χ3n) is 2.56. The average molecular weight is 302 g/mol. The molecule has 0 amide bonds. The molecule has 0 aliphatic rings. The van der Waals surface area contributed by atoms with Crippen LogP contribution >= 0.6 is 11.8 Å². The van der Waals surface area contributed by atoms with E-state index in [2.05, 4.69) is 4.98 Å². The van der Waals surface area contributed by atoms with Crippen molar-refractivity contribution in [3.63, 3.8) is 0 Å². The van der Waals surface area contributed by atoms with Gasteiger partial charge in [-0.2, -0.15) is 13.2 Å². The van der Waals surface area contributed by atoms with Crippen molar-refractivity contribution in [2.24, 2.45) is 5.73 Å². The summed E-state index contributed by atoms with van der Waals surface area (Å²) in [5, 5.41) is 0.346. The van der Waals surface area contributed by atoms with E-state index in [9.17, 15) is 17.6 Å². The molecule has 2 rings (SSSR count). The van der Waals surface area contributed by atoms with Crippen molar-refractivity contribution in [2.75, 3.05) is 0 Å². The lowest BCUT2D eigenvalue weighted by Crippen LogP contribution is -2.05. The highest BCUT2D eigenvalue weighted by molar-refractivity contribution is 7.99. The van der Waals surface area contributed by atoms with Crippen molar-refractivity contribution in [1.82, 2.24) is 4.98 Å². The van der Waals surface area contributed by atoms with Crippen LogP contribution < -0.4 is 5.73 Å². The van der Waals surface area contributed by atoms with E-state index >= 15 is 0 Å². The topological polar surface area (TPSA) is 38.9 Å². The lowest BCUT2D eigenvalue weighted by molar-refractivity contribution is -0.137. The van der Waals surface area contributed by atoms with E-state index in [0.717, 1.165) is 24.0 Å². The number of benzene rings is 1. The molecular formula is C13H10F4N2S. The lowest BCUT2D eigenvalue weighted by atomic mass is 10.2. The molecule has 0 spiro atoms. The molecule has 7 heteroatoms. The number of nitrogens with two attached hydrogens (primary N) is 1. The zero-order valence-corrected chi connectivity index (χ0v) is 10.9. The molecule has 1 aromatic carbocycles. The van der Waals surface area contributed by atoms with Gasteiger partial charge >= 0.3 is 6.18 Å². The molecule has 0 saturated heterocycles. The summed E-state index contributed by atoms with van der Waals surface area (Å²) in [6.07, 6.45) is -3.67. The van der Waals surface area contributed by atoms with Crippen LogP contribution in [0.3, 0.4) is 0 Å². The Hall–Kier alpha value is -1.60. The van der Waals surface area contributed by atoms with E-state index in [4.69, 9.17) is 5.73 Å². The van der Waals surface area contributed by atoms with Crippen LogP contribution in [0.5, 0.6) is 0 Å². The number of aromatic nitrogens is 1. The Bertz CT molecular complexity index is 596. The molecule has 2 N–H and O–H groups in total. The largest absolute Gasteiger partial charge is 0.417 e. The van der Waals surface area contributed by atoms with Crippen LogP contribution in [0, 0.1) is 5.82 Å². The second kappa shape index (κ2) is 5.80. The van der Waals surface area contributed by atoms with Crippen LogP contribution in [0.25, 0.3) is 0 Å². The molecule has 0 fully saturated rings. The number of alkyl halides is 3. The highest BCUT2D eigenvalue weighted by Gasteiger charge is 2.30. The summed E-state index contributed by atoms with van der Waals surface area (Å²) in [5.74, 6) is -0.440. The Morgan fingerprint density at radius 2 is 1.90 bits per heavy atom. The van der Waals surface area contributed by atoms with Crippen LogP contribution in [0.15, 0.2) is 46.5 Å². The minimum absolute atomic E-state index is 0.00956. The maximum atomic E-state index is 13.5. The highest BCUT2D eigenvalue weighted by atomic mass is 32.2. The second-order valence-electron chi connectivity index (χ2n) is 3.91. The fourth-order valence-corrected chi connectivity index (χ4v) is 2.47. The molecular weight excluding hydrogens is 292 g/mol. The maximum absolute atomic E-state index is 13.5. The third kappa shape index (κ3) is 3.29. The molecule has 20 heavy (non-hydrogen) atoms. The maximum Gasteiger partial charge on any atom is 0.417 e. The molecule has 0 unspecified atom stereocenters. The molecule has 106 valence electrons. The fourth-order valence-electron chi connectivity index (χ4n) is 1.55. The van der Waals surface area contributed by atoms with Crippen molar-refractivity contribution in [3.05, 3.63) is 53.5 Å². The third-order valence-corrected chi connectivity index (χ3v) is 3.61. The summed E-state index contributed by atoms with van der Waals surface area (Å²) in [4.78, 5) is 4.27. The first-order valence-corrected chi connectivity index (χ1v) is 6.42. The quantitative estimate of drug-likeness (QED) is 0.875. The summed E-state index contributed by atoms with van der Waals surface area (Å²) < 4.78 is 50.7. The zero-order valence-electron chi connectivity index (χ0n) is 10.1. The van der Waals surface area contributed by atoms with Crippen molar-refractivity contribution in [3.8, 4) is 0 Å². The summed E-state index contributed by atoms with van der Waals surface area (Å²) in [6.45, 7) is 0.00956. The normalized spacial score (nSPS) is 11.7. The Balaban J connectivity index is 2.25. The van der Waals surface area contributed by atoms with Gasteiger partial charge in [0.15, 0.2) is 0 Å². The minimum atomic E-state index is -4.42. The second-order valence-corrected chi connectivity index (χ2v) is 4.97. The van der Waals surface area contributed by atoms with E-state index in [-0.39, 0.29) is 6.54 Å². The van der Waals surface area contributed by atoms with Gasteiger partial charge in [0.05, 0.1) is 5.56 Å². The van der Waals surface area contributed by atoms with E-state index in [1.807, 2.05) is 0 Å². The molecule has 0 atom stereocenters. The van der Waals surface area contributed by atoms with Gasteiger partial charge in [0.2, 0.25) is 0 Å². The van der Waals surface area contributed by atoms with Gasteiger partial charge < -0.3 is 5.73 Å². The first-order chi connectivity index (χ1) is 9.41. The van der Waals surface area contributed by atoms with Crippen molar-refractivity contribution >= 4 is 11.8 Å². The Morgan fingerprint density at radius 3 is 2.45 bits per heavy atom. The molecule has 2 aromatic rings. The van der Waals surface area contributed by atoms with Gasteiger partial charge in [0, 0.05) is 23.2 Å². The Morgan fingerprint density at radius 1 is 1.15 bits per heavy atom. The zero-order chi connectivity index (χ0) is 14.8. The van der Waals surface area contributed by atoms with Gasteiger partial charge in [0.25, 0.3) is 0 Å². The smallest absolute Gasteiger partial charge is 0.326 e. The summed E-state index contributed by atoms with van der Waals surface area (Å²) >= 11 is 1.07. The van der Waals surface area contributed by atoms with Gasteiger partial charge in [-0.3, -0.25) is 0 Å².